The van der Waals surface area contributed by atoms with E-state index in [1.54, 1.807) is 19.2 Å². The molecule has 5 nitrogen and oxygen atoms in total. The number of ether oxygens (including phenoxy) is 2. The molecule has 116 valence electrons. The normalized spacial score (nSPS) is 12.0. The monoisotopic (exact) mass is 293 g/mol. The van der Waals surface area contributed by atoms with Crippen LogP contribution in [0, 0.1) is 5.92 Å². The maximum Gasteiger partial charge on any atom is 0.328 e. The summed E-state index contributed by atoms with van der Waals surface area (Å²) < 4.78 is 9.75. The Balaban J connectivity index is 2.74. The van der Waals surface area contributed by atoms with Gasteiger partial charge in [-0.25, -0.2) is 4.79 Å². The lowest BCUT2D eigenvalue weighted by Gasteiger charge is -2.18. The lowest BCUT2D eigenvalue weighted by atomic mass is 10.0. The zero-order chi connectivity index (χ0) is 15.8. The van der Waals surface area contributed by atoms with Gasteiger partial charge in [0, 0.05) is 12.7 Å². The van der Waals surface area contributed by atoms with Crippen molar-refractivity contribution in [1.82, 2.24) is 5.32 Å². The molecule has 1 rings (SSSR count). The summed E-state index contributed by atoms with van der Waals surface area (Å²) in [7, 11) is 2.94. The molecule has 1 atom stereocenters. The van der Waals surface area contributed by atoms with Crippen molar-refractivity contribution in [2.24, 2.45) is 5.92 Å². The van der Waals surface area contributed by atoms with Crippen LogP contribution in [0.15, 0.2) is 24.3 Å². The Kier molecular flexibility index (Phi) is 6.88. The molecule has 0 aliphatic rings. The van der Waals surface area contributed by atoms with Gasteiger partial charge < -0.3 is 14.8 Å². The second kappa shape index (κ2) is 8.42. The van der Waals surface area contributed by atoms with Crippen molar-refractivity contribution in [3.63, 3.8) is 0 Å². The highest BCUT2D eigenvalue weighted by Crippen LogP contribution is 2.09. The number of nitrogens with one attached hydrogen (secondary N) is 1. The largest absolute Gasteiger partial charge is 0.467 e. The van der Waals surface area contributed by atoms with E-state index in [1.807, 2.05) is 26.0 Å². The van der Waals surface area contributed by atoms with Crippen LogP contribution < -0.4 is 5.32 Å². The van der Waals surface area contributed by atoms with Gasteiger partial charge in [-0.2, -0.15) is 0 Å². The number of hydrogen-bond acceptors (Lipinski definition) is 4. The maximum absolute atomic E-state index is 12.2. The minimum Gasteiger partial charge on any atom is -0.467 e. The molecular weight excluding hydrogens is 270 g/mol. The molecule has 1 aromatic carbocycles. The lowest BCUT2D eigenvalue weighted by Crippen LogP contribution is -2.42. The van der Waals surface area contributed by atoms with E-state index in [4.69, 9.17) is 9.47 Å². The number of esters is 1. The second-order valence-electron chi connectivity index (χ2n) is 5.31. The van der Waals surface area contributed by atoms with E-state index >= 15 is 0 Å². The molecule has 0 aliphatic heterocycles. The SMILES string of the molecule is COCc1ccc(C(=O)NC(CC(C)C)C(=O)OC)cc1. The minimum absolute atomic E-state index is 0.276. The van der Waals surface area contributed by atoms with E-state index in [0.717, 1.165) is 5.56 Å². The average Bonchev–Trinajstić information content (AvgIpc) is 2.46. The predicted octanol–water partition coefficient (Wildman–Crippen LogP) is 2.15. The van der Waals surface area contributed by atoms with E-state index in [9.17, 15) is 9.59 Å². The Hall–Kier alpha value is -1.88. The highest BCUT2D eigenvalue weighted by molar-refractivity contribution is 5.96. The van der Waals surface area contributed by atoms with Gasteiger partial charge in [0.25, 0.3) is 5.91 Å². The van der Waals surface area contributed by atoms with Crippen LogP contribution in [0.4, 0.5) is 0 Å². The van der Waals surface area contributed by atoms with E-state index in [2.05, 4.69) is 5.32 Å². The van der Waals surface area contributed by atoms with Gasteiger partial charge >= 0.3 is 5.97 Å². The highest BCUT2D eigenvalue weighted by Gasteiger charge is 2.23. The molecule has 0 aromatic heterocycles. The molecule has 0 saturated heterocycles. The van der Waals surface area contributed by atoms with Crippen molar-refractivity contribution in [1.29, 1.82) is 0 Å². The van der Waals surface area contributed by atoms with Crippen LogP contribution in [-0.4, -0.2) is 32.1 Å². The fraction of sp³-hybridized carbons (Fsp3) is 0.500. The van der Waals surface area contributed by atoms with E-state index in [1.165, 1.54) is 7.11 Å². The topological polar surface area (TPSA) is 64.6 Å². The predicted molar refractivity (Wildman–Crippen MR) is 79.9 cm³/mol. The third-order valence-corrected chi connectivity index (χ3v) is 3.03. The summed E-state index contributed by atoms with van der Waals surface area (Å²) >= 11 is 0. The van der Waals surface area contributed by atoms with Crippen molar-refractivity contribution < 1.29 is 19.1 Å². The molecule has 1 amide bonds. The quantitative estimate of drug-likeness (QED) is 0.782. The van der Waals surface area contributed by atoms with Gasteiger partial charge in [-0.15, -0.1) is 0 Å². The summed E-state index contributed by atoms with van der Waals surface area (Å²) in [5, 5.41) is 2.72. The Labute approximate surface area is 125 Å². The summed E-state index contributed by atoms with van der Waals surface area (Å²) in [6, 6.07) is 6.46. The molecular formula is C16H23NO4. The number of benzene rings is 1. The number of rotatable bonds is 7. The van der Waals surface area contributed by atoms with Crippen molar-refractivity contribution in [2.75, 3.05) is 14.2 Å². The fourth-order valence-electron chi connectivity index (χ4n) is 1.99. The van der Waals surface area contributed by atoms with Crippen molar-refractivity contribution >= 4 is 11.9 Å². The molecule has 5 heteroatoms. The molecule has 0 fully saturated rings. The highest BCUT2D eigenvalue weighted by atomic mass is 16.5. The van der Waals surface area contributed by atoms with E-state index in [0.29, 0.717) is 18.6 Å². The first-order valence-electron chi connectivity index (χ1n) is 6.94. The standard InChI is InChI=1S/C16H23NO4/c1-11(2)9-14(16(19)21-4)17-15(18)13-7-5-12(6-8-13)10-20-3/h5-8,11,14H,9-10H2,1-4H3,(H,17,18). The molecule has 1 aromatic rings. The molecule has 0 radical (unpaired) electrons. The van der Waals surface area contributed by atoms with Crippen LogP contribution in [0.5, 0.6) is 0 Å². The van der Waals surface area contributed by atoms with Crippen LogP contribution in [0.25, 0.3) is 0 Å². The molecule has 1 N–H and O–H groups in total. The Morgan fingerprint density at radius 3 is 2.24 bits per heavy atom. The average molecular weight is 293 g/mol. The molecule has 0 spiro atoms. The van der Waals surface area contributed by atoms with Crippen LogP contribution in [-0.2, 0) is 20.9 Å². The zero-order valence-electron chi connectivity index (χ0n) is 13.0. The van der Waals surface area contributed by atoms with Crippen molar-refractivity contribution in [3.8, 4) is 0 Å². The third-order valence-electron chi connectivity index (χ3n) is 3.03. The molecule has 21 heavy (non-hydrogen) atoms. The summed E-state index contributed by atoms with van der Waals surface area (Å²) in [5.41, 5.74) is 1.49. The number of carbonyl (C=O) groups excluding carboxylic acids is 2. The van der Waals surface area contributed by atoms with E-state index < -0.39 is 12.0 Å². The Morgan fingerprint density at radius 1 is 1.14 bits per heavy atom. The van der Waals surface area contributed by atoms with Gasteiger partial charge in [0.15, 0.2) is 0 Å². The first-order valence-corrected chi connectivity index (χ1v) is 6.94. The van der Waals surface area contributed by atoms with Gasteiger partial charge in [-0.1, -0.05) is 26.0 Å². The summed E-state index contributed by atoms with van der Waals surface area (Å²) in [6.45, 7) is 4.48. The first kappa shape index (κ1) is 17.2. The van der Waals surface area contributed by atoms with E-state index in [-0.39, 0.29) is 11.8 Å². The van der Waals surface area contributed by atoms with Crippen LogP contribution in [0.2, 0.25) is 0 Å². The fourth-order valence-corrected chi connectivity index (χ4v) is 1.99. The molecule has 1 unspecified atom stereocenters. The van der Waals surface area contributed by atoms with Gasteiger partial charge in [-0.3, -0.25) is 4.79 Å². The van der Waals surface area contributed by atoms with Crippen LogP contribution in [0.1, 0.15) is 36.2 Å². The molecule has 0 saturated carbocycles. The van der Waals surface area contributed by atoms with Gasteiger partial charge in [0.05, 0.1) is 13.7 Å². The van der Waals surface area contributed by atoms with Crippen LogP contribution in [0.3, 0.4) is 0 Å². The Morgan fingerprint density at radius 2 is 1.76 bits per heavy atom. The summed E-state index contributed by atoms with van der Waals surface area (Å²) in [5.74, 6) is -0.429. The molecule has 0 bridgehead atoms. The molecule has 0 heterocycles. The van der Waals surface area contributed by atoms with Crippen molar-refractivity contribution in [2.45, 2.75) is 32.9 Å². The van der Waals surface area contributed by atoms with Crippen molar-refractivity contribution in [3.05, 3.63) is 35.4 Å². The Bertz CT molecular complexity index is 468. The number of carbonyl (C=O) groups is 2. The smallest absolute Gasteiger partial charge is 0.328 e. The zero-order valence-corrected chi connectivity index (χ0v) is 13.0. The number of amides is 1. The number of hydrogen-bond donors (Lipinski definition) is 1. The van der Waals surface area contributed by atoms with Crippen LogP contribution >= 0.6 is 0 Å². The number of methoxy groups -OCH3 is 2. The van der Waals surface area contributed by atoms with Gasteiger partial charge in [0.1, 0.15) is 6.04 Å². The maximum atomic E-state index is 12.2. The first-order chi connectivity index (χ1) is 9.97. The lowest BCUT2D eigenvalue weighted by molar-refractivity contribution is -0.143. The third kappa shape index (κ3) is 5.55. The summed E-state index contributed by atoms with van der Waals surface area (Å²) in [4.78, 5) is 23.9. The molecule has 0 aliphatic carbocycles. The van der Waals surface area contributed by atoms with Gasteiger partial charge in [-0.05, 0) is 30.0 Å². The second-order valence-corrected chi connectivity index (χ2v) is 5.31. The minimum atomic E-state index is -0.624. The summed E-state index contributed by atoms with van der Waals surface area (Å²) in [6.07, 6.45) is 0.542. The van der Waals surface area contributed by atoms with Gasteiger partial charge in [0.2, 0.25) is 0 Å².